The van der Waals surface area contributed by atoms with Crippen LogP contribution in [0.4, 0.5) is 0 Å². The summed E-state index contributed by atoms with van der Waals surface area (Å²) in [5.74, 6) is -0.148. The van der Waals surface area contributed by atoms with Crippen LogP contribution in [0.15, 0.2) is 36.4 Å². The van der Waals surface area contributed by atoms with Gasteiger partial charge in [0.25, 0.3) is 0 Å². The quantitative estimate of drug-likeness (QED) is 0.470. The van der Waals surface area contributed by atoms with Crippen LogP contribution in [0.2, 0.25) is 0 Å². The van der Waals surface area contributed by atoms with Gasteiger partial charge in [-0.1, -0.05) is 0 Å². The Morgan fingerprint density at radius 2 is 1.57 bits per heavy atom. The molecule has 1 fully saturated rings. The summed E-state index contributed by atoms with van der Waals surface area (Å²) in [7, 11) is -2.74. The molecule has 2 aromatic heterocycles. The van der Waals surface area contributed by atoms with Gasteiger partial charge in [-0.3, -0.25) is 0 Å². The first-order valence-electron chi connectivity index (χ1n) is 7.25. The Bertz CT molecular complexity index is 1070. The third-order valence-electron chi connectivity index (χ3n) is 5.34. The fourth-order valence-electron chi connectivity index (χ4n) is 4.38. The fourth-order valence-corrected chi connectivity index (χ4v) is 9.98. The van der Waals surface area contributed by atoms with E-state index in [1.807, 2.05) is 12.1 Å². The number of aromatic nitrogens is 2. The maximum atomic E-state index is 12.4. The molecule has 4 nitrogen and oxygen atoms in total. The van der Waals surface area contributed by atoms with E-state index in [1.54, 1.807) is 0 Å². The molecule has 1 aromatic carbocycles. The summed E-state index contributed by atoms with van der Waals surface area (Å²) >= 11 is 0. The van der Waals surface area contributed by atoms with Gasteiger partial charge in [0.2, 0.25) is 0 Å². The summed E-state index contributed by atoms with van der Waals surface area (Å²) in [6.45, 7) is 2.12. The van der Waals surface area contributed by atoms with Crippen LogP contribution in [0.1, 0.15) is 16.2 Å². The molecule has 0 aliphatic carbocycles. The van der Waals surface area contributed by atoms with Gasteiger partial charge in [-0.05, 0) is 0 Å². The van der Waals surface area contributed by atoms with Gasteiger partial charge in [-0.2, -0.15) is 0 Å². The van der Waals surface area contributed by atoms with Gasteiger partial charge in [0, 0.05) is 0 Å². The monoisotopic (exact) mass is 296 g/mol. The average Bonchev–Trinajstić information content (AvgIpc) is 3.06. The number of hydrogen-bond acceptors (Lipinski definition) is 2. The Balaban J connectivity index is 2.06. The molecule has 102 valence electrons. The molecule has 1 spiro atoms. The van der Waals surface area contributed by atoms with E-state index in [2.05, 4.69) is 39.9 Å². The minimum atomic E-state index is -2.74. The summed E-state index contributed by atoms with van der Waals surface area (Å²) in [4.78, 5) is 12.4. The molecule has 0 amide bonds. The first-order valence-corrected chi connectivity index (χ1v) is 9.68. The van der Waals surface area contributed by atoms with Gasteiger partial charge in [0.05, 0.1) is 0 Å². The van der Waals surface area contributed by atoms with E-state index in [-0.39, 0.29) is 5.97 Å². The SMILES string of the molecule is Cc1ccc2ccc3ccc4[n+]5c3c2[n+]1P51(CC1)OC4=O. The third-order valence-corrected chi connectivity index (χ3v) is 10.3. The molecule has 5 heteroatoms. The van der Waals surface area contributed by atoms with Crippen molar-refractivity contribution in [1.29, 1.82) is 0 Å². The van der Waals surface area contributed by atoms with E-state index < -0.39 is 7.13 Å². The predicted octanol–water partition coefficient (Wildman–Crippen LogP) is 2.07. The molecule has 21 heavy (non-hydrogen) atoms. The van der Waals surface area contributed by atoms with Crippen molar-refractivity contribution in [3.63, 3.8) is 0 Å². The number of hydrogen-bond donors (Lipinski definition) is 0. The summed E-state index contributed by atoms with van der Waals surface area (Å²) < 4.78 is 10.8. The molecular weight excluding hydrogens is 283 g/mol. The van der Waals surface area contributed by atoms with Crippen molar-refractivity contribution in [3.8, 4) is 0 Å². The summed E-state index contributed by atoms with van der Waals surface area (Å²) in [5, 5.41) is 2.42. The second kappa shape index (κ2) is 2.67. The zero-order chi connectivity index (χ0) is 14.0. The molecule has 5 heterocycles. The molecule has 3 aromatic rings. The predicted molar refractivity (Wildman–Crippen MR) is 79.4 cm³/mol. The van der Waals surface area contributed by atoms with Crippen molar-refractivity contribution in [2.75, 3.05) is 12.3 Å². The molecule has 0 saturated carbocycles. The van der Waals surface area contributed by atoms with Crippen molar-refractivity contribution in [3.05, 3.63) is 47.8 Å². The van der Waals surface area contributed by atoms with Gasteiger partial charge in [-0.25, -0.2) is 0 Å². The van der Waals surface area contributed by atoms with Crippen molar-refractivity contribution in [1.82, 2.24) is 0 Å². The van der Waals surface area contributed by atoms with Gasteiger partial charge in [-0.15, -0.1) is 0 Å². The van der Waals surface area contributed by atoms with Crippen molar-refractivity contribution < 1.29 is 18.0 Å². The molecule has 0 atom stereocenters. The van der Waals surface area contributed by atoms with Crippen LogP contribution in [0.3, 0.4) is 0 Å². The summed E-state index contributed by atoms with van der Waals surface area (Å²) in [6, 6.07) is 12.6. The second-order valence-corrected chi connectivity index (χ2v) is 10.9. The summed E-state index contributed by atoms with van der Waals surface area (Å²) in [6.07, 6.45) is 1.96. The number of carbonyl (C=O) groups is 1. The van der Waals surface area contributed by atoms with Crippen LogP contribution in [-0.4, -0.2) is 18.3 Å². The van der Waals surface area contributed by atoms with Gasteiger partial charge in [0.15, 0.2) is 0 Å². The number of benzene rings is 1. The third kappa shape index (κ3) is 0.834. The average molecular weight is 296 g/mol. The fraction of sp³-hybridized carbons (Fsp3) is 0.188. The van der Waals surface area contributed by atoms with Crippen LogP contribution in [0.5, 0.6) is 0 Å². The first-order chi connectivity index (χ1) is 10.1. The molecule has 6 rings (SSSR count). The van der Waals surface area contributed by atoms with Crippen LogP contribution in [-0.2, 0) is 4.52 Å². The van der Waals surface area contributed by atoms with E-state index in [4.69, 9.17) is 4.52 Å². The Labute approximate surface area is 120 Å². The van der Waals surface area contributed by atoms with E-state index in [0.29, 0.717) is 0 Å². The van der Waals surface area contributed by atoms with Crippen molar-refractivity contribution in [2.45, 2.75) is 6.92 Å². The first kappa shape index (κ1) is 10.6. The summed E-state index contributed by atoms with van der Waals surface area (Å²) in [5.41, 5.74) is 4.36. The van der Waals surface area contributed by atoms with Crippen LogP contribution >= 0.6 is 7.13 Å². The Kier molecular flexibility index (Phi) is 1.35. The standard InChI is InChI=1S/C16H13N2O2P/c1-10-2-3-11-4-5-12-6-7-13-16(19)20-21(8-9-21)17(10)14(11)15(12)18(13)21/h2-7H,8-9H2,1H3/q+2. The number of nitrogens with zero attached hydrogens (tertiary/aromatic N) is 2. The van der Waals surface area contributed by atoms with Gasteiger partial charge < -0.3 is 0 Å². The van der Waals surface area contributed by atoms with E-state index in [0.717, 1.165) is 18.0 Å². The maximum absolute atomic E-state index is 12.4. The second-order valence-electron chi connectivity index (χ2n) is 6.38. The number of pyridine rings is 2. The molecule has 0 bridgehead atoms. The molecule has 1 saturated heterocycles. The molecule has 3 aliphatic rings. The van der Waals surface area contributed by atoms with E-state index in [9.17, 15) is 4.79 Å². The molecule has 0 unspecified atom stereocenters. The molecule has 0 radical (unpaired) electrons. The van der Waals surface area contributed by atoms with E-state index in [1.165, 1.54) is 27.5 Å². The Hall–Kier alpha value is -2.06. The number of carbonyl (C=O) groups excluding carboxylic acids is 1. The van der Waals surface area contributed by atoms with Gasteiger partial charge >= 0.3 is 120 Å². The normalized spacial score (nSPS) is 23.7. The molecular formula is C16H13N2O2P+2. The molecule has 3 aliphatic heterocycles. The topological polar surface area (TPSA) is 34.1 Å². The number of aryl methyl sites for hydroxylation is 1. The van der Waals surface area contributed by atoms with Crippen molar-refractivity contribution in [2.24, 2.45) is 0 Å². The molecule has 0 N–H and O–H groups in total. The zero-order valence-electron chi connectivity index (χ0n) is 11.5. The zero-order valence-corrected chi connectivity index (χ0v) is 12.4. The van der Waals surface area contributed by atoms with Crippen molar-refractivity contribution >= 4 is 34.9 Å². The van der Waals surface area contributed by atoms with Crippen LogP contribution in [0, 0.1) is 6.92 Å². The Morgan fingerprint density at radius 3 is 2.29 bits per heavy atom. The van der Waals surface area contributed by atoms with Gasteiger partial charge in [0.1, 0.15) is 0 Å². The van der Waals surface area contributed by atoms with Crippen LogP contribution < -0.4 is 8.68 Å². The van der Waals surface area contributed by atoms with Crippen LogP contribution in [0.25, 0.3) is 21.8 Å². The Morgan fingerprint density at radius 1 is 0.952 bits per heavy atom. The van der Waals surface area contributed by atoms with E-state index >= 15 is 0 Å². The number of rotatable bonds is 0. The minimum absolute atomic E-state index is 0.148.